The van der Waals surface area contributed by atoms with E-state index in [4.69, 9.17) is 9.47 Å². The summed E-state index contributed by atoms with van der Waals surface area (Å²) >= 11 is 0. The summed E-state index contributed by atoms with van der Waals surface area (Å²) in [5.41, 5.74) is 0. The largest absolute Gasteiger partial charge is 0.483 e. The predicted octanol–water partition coefficient (Wildman–Crippen LogP) is 2.96. The van der Waals surface area contributed by atoms with E-state index in [2.05, 4.69) is 15.8 Å². The summed E-state index contributed by atoms with van der Waals surface area (Å²) in [7, 11) is 5.68. The van der Waals surface area contributed by atoms with E-state index in [-0.39, 0.29) is 0 Å². The van der Waals surface area contributed by atoms with Gasteiger partial charge in [0, 0.05) is 18.1 Å². The molecule has 5 heteroatoms. The number of methoxy groups -OCH3 is 1. The zero-order valence-electron chi connectivity index (χ0n) is 9.18. The number of unbranched alkanes of at least 4 members (excludes halogenated alkanes) is 1. The minimum Gasteiger partial charge on any atom is -0.483 e. The molecule has 1 aliphatic rings. The average molecular weight is 249 g/mol. The minimum absolute atomic E-state index is 0.385. The second-order valence-corrected chi connectivity index (χ2v) is 6.19. The van der Waals surface area contributed by atoms with Gasteiger partial charge in [0.05, 0.1) is 6.61 Å². The highest BCUT2D eigenvalue weighted by Crippen LogP contribution is 2.39. The highest BCUT2D eigenvalue weighted by atomic mass is 33.1. The molecule has 1 aliphatic heterocycles. The fourth-order valence-corrected chi connectivity index (χ4v) is 4.36. The molecule has 1 atom stereocenters. The van der Waals surface area contributed by atoms with E-state index in [0.717, 1.165) is 18.3 Å². The Morgan fingerprint density at radius 1 is 1.47 bits per heavy atom. The van der Waals surface area contributed by atoms with Crippen LogP contribution < -0.4 is 0 Å². The van der Waals surface area contributed by atoms with Crippen molar-refractivity contribution in [2.75, 3.05) is 26.2 Å². The van der Waals surface area contributed by atoms with Crippen LogP contribution in [-0.4, -0.2) is 37.9 Å². The summed E-state index contributed by atoms with van der Waals surface area (Å²) in [4.78, 5) is 3.89. The second-order valence-electron chi connectivity index (χ2n) is 3.40. The molecule has 0 saturated carbocycles. The summed E-state index contributed by atoms with van der Waals surface area (Å²) in [6.45, 7) is 1.16. The molecule has 15 heavy (non-hydrogen) atoms. The number of hydrogen-bond acceptors (Lipinski definition) is 5. The molecule has 1 saturated heterocycles. The van der Waals surface area contributed by atoms with Gasteiger partial charge in [-0.2, -0.15) is 0 Å². The zero-order chi connectivity index (χ0) is 10.8. The van der Waals surface area contributed by atoms with Crippen molar-refractivity contribution in [3.63, 3.8) is 0 Å². The summed E-state index contributed by atoms with van der Waals surface area (Å²) in [5.74, 6) is 1.33. The van der Waals surface area contributed by atoms with Crippen LogP contribution in [0.25, 0.3) is 0 Å². The van der Waals surface area contributed by atoms with Crippen LogP contribution in [0, 0.1) is 0 Å². The molecule has 1 fully saturated rings. The Morgan fingerprint density at radius 2 is 2.40 bits per heavy atom. The number of nitrogens with zero attached hydrogens (tertiary/aromatic N) is 1. The molecule has 1 unspecified atom stereocenters. The molecule has 1 rings (SSSR count). The molecule has 0 radical (unpaired) electrons. The Balaban J connectivity index is 1.80. The van der Waals surface area contributed by atoms with Crippen LogP contribution >= 0.6 is 21.6 Å². The van der Waals surface area contributed by atoms with Crippen molar-refractivity contribution < 1.29 is 9.47 Å². The third kappa shape index (κ3) is 7.09. The van der Waals surface area contributed by atoms with Gasteiger partial charge in [-0.1, -0.05) is 21.6 Å². The number of aliphatic imine (C=N–C) groups is 1. The van der Waals surface area contributed by atoms with Gasteiger partial charge in [-0.25, -0.2) is 4.99 Å². The lowest BCUT2D eigenvalue weighted by Gasteiger charge is -2.06. The molecule has 0 aromatic rings. The van der Waals surface area contributed by atoms with Gasteiger partial charge in [-0.15, -0.1) is 0 Å². The van der Waals surface area contributed by atoms with Gasteiger partial charge >= 0.3 is 0 Å². The first-order chi connectivity index (χ1) is 7.43. The predicted molar refractivity (Wildman–Crippen MR) is 68.6 cm³/mol. The Hall–Kier alpha value is 0.130. The van der Waals surface area contributed by atoms with Crippen molar-refractivity contribution >= 4 is 28.0 Å². The van der Waals surface area contributed by atoms with E-state index < -0.39 is 0 Å². The van der Waals surface area contributed by atoms with Crippen molar-refractivity contribution in [3.05, 3.63) is 0 Å². The molecule has 0 spiro atoms. The van der Waals surface area contributed by atoms with Crippen LogP contribution in [-0.2, 0) is 9.47 Å². The first-order valence-electron chi connectivity index (χ1n) is 5.30. The van der Waals surface area contributed by atoms with E-state index in [1.165, 1.54) is 31.4 Å². The summed E-state index contributed by atoms with van der Waals surface area (Å²) in [6.07, 6.45) is 6.59. The lowest BCUT2D eigenvalue weighted by molar-refractivity contribution is 0.204. The highest BCUT2D eigenvalue weighted by Gasteiger charge is 2.15. The van der Waals surface area contributed by atoms with Crippen molar-refractivity contribution in [2.45, 2.75) is 30.9 Å². The standard InChI is InChI=1S/C10H19NO2S2/c1-12-8-11-9-13-6-3-2-4-10-5-7-14-15-10/h9-10H,2-8H2,1H3. The molecule has 0 N–H and O–H groups in total. The maximum Gasteiger partial charge on any atom is 0.171 e. The summed E-state index contributed by atoms with van der Waals surface area (Å²) < 4.78 is 9.97. The fourth-order valence-electron chi connectivity index (χ4n) is 1.33. The van der Waals surface area contributed by atoms with Crippen LogP contribution in [0.5, 0.6) is 0 Å². The SMILES string of the molecule is COCN=COCCCCC1CCSS1. The van der Waals surface area contributed by atoms with Gasteiger partial charge < -0.3 is 9.47 Å². The van der Waals surface area contributed by atoms with E-state index in [0.29, 0.717) is 6.73 Å². The fraction of sp³-hybridized carbons (Fsp3) is 0.900. The van der Waals surface area contributed by atoms with Crippen molar-refractivity contribution in [3.8, 4) is 0 Å². The van der Waals surface area contributed by atoms with Gasteiger partial charge in [-0.3, -0.25) is 0 Å². The van der Waals surface area contributed by atoms with Crippen molar-refractivity contribution in [1.82, 2.24) is 0 Å². The van der Waals surface area contributed by atoms with E-state index in [9.17, 15) is 0 Å². The normalized spacial score (nSPS) is 21.3. The Bertz CT molecular complexity index is 173. The Morgan fingerprint density at radius 3 is 3.13 bits per heavy atom. The number of hydrogen-bond donors (Lipinski definition) is 0. The van der Waals surface area contributed by atoms with Gasteiger partial charge in [0.15, 0.2) is 6.40 Å². The first-order valence-corrected chi connectivity index (χ1v) is 7.69. The number of ether oxygens (including phenoxy) is 2. The zero-order valence-corrected chi connectivity index (χ0v) is 10.8. The van der Waals surface area contributed by atoms with Gasteiger partial charge in [-0.05, 0) is 25.7 Å². The molecule has 3 nitrogen and oxygen atoms in total. The second kappa shape index (κ2) is 9.36. The Kier molecular flexibility index (Phi) is 8.24. The quantitative estimate of drug-likeness (QED) is 0.286. The van der Waals surface area contributed by atoms with E-state index >= 15 is 0 Å². The van der Waals surface area contributed by atoms with Crippen molar-refractivity contribution in [1.29, 1.82) is 0 Å². The van der Waals surface area contributed by atoms with Crippen LogP contribution in [0.3, 0.4) is 0 Å². The molecule has 0 bridgehead atoms. The third-order valence-corrected chi connectivity index (χ3v) is 5.13. The molecule has 0 amide bonds. The molecule has 0 aromatic carbocycles. The number of rotatable bonds is 8. The lowest BCUT2D eigenvalue weighted by Crippen LogP contribution is -1.99. The smallest absolute Gasteiger partial charge is 0.171 e. The summed E-state index contributed by atoms with van der Waals surface area (Å²) in [5, 5.41) is 0.886. The maximum absolute atomic E-state index is 5.22. The minimum atomic E-state index is 0.385. The Labute approximate surface area is 99.8 Å². The molecular formula is C10H19NO2S2. The van der Waals surface area contributed by atoms with E-state index in [1.807, 2.05) is 10.8 Å². The van der Waals surface area contributed by atoms with E-state index in [1.54, 1.807) is 7.11 Å². The topological polar surface area (TPSA) is 30.8 Å². The monoisotopic (exact) mass is 249 g/mol. The molecule has 88 valence electrons. The van der Waals surface area contributed by atoms with Gasteiger partial charge in [0.1, 0.15) is 6.73 Å². The molecule has 0 aliphatic carbocycles. The van der Waals surface area contributed by atoms with Gasteiger partial charge in [0.2, 0.25) is 0 Å². The molecular weight excluding hydrogens is 230 g/mol. The van der Waals surface area contributed by atoms with Crippen LogP contribution in [0.15, 0.2) is 4.99 Å². The van der Waals surface area contributed by atoms with Gasteiger partial charge in [0.25, 0.3) is 0 Å². The van der Waals surface area contributed by atoms with Crippen LogP contribution in [0.4, 0.5) is 0 Å². The average Bonchev–Trinajstić information content (AvgIpc) is 2.75. The lowest BCUT2D eigenvalue weighted by atomic mass is 10.1. The third-order valence-electron chi connectivity index (χ3n) is 2.12. The summed E-state index contributed by atoms with van der Waals surface area (Å²) in [6, 6.07) is 0. The maximum atomic E-state index is 5.22. The van der Waals surface area contributed by atoms with Crippen LogP contribution in [0.2, 0.25) is 0 Å². The van der Waals surface area contributed by atoms with Crippen molar-refractivity contribution in [2.24, 2.45) is 4.99 Å². The highest BCUT2D eigenvalue weighted by molar-refractivity contribution is 8.77. The van der Waals surface area contributed by atoms with Crippen LogP contribution in [0.1, 0.15) is 25.7 Å². The first kappa shape index (κ1) is 13.2. The molecule has 0 aromatic heterocycles. The molecule has 1 heterocycles.